The molecule has 1 N–H and O–H groups in total. The molecule has 1 saturated heterocycles. The minimum absolute atomic E-state index is 0. The highest BCUT2D eigenvalue weighted by atomic mass is 35.5. The van der Waals surface area contributed by atoms with Crippen LogP contribution in [0.5, 0.6) is 17.2 Å². The third kappa shape index (κ3) is 4.31. The fourth-order valence-corrected chi connectivity index (χ4v) is 7.89. The van der Waals surface area contributed by atoms with Gasteiger partial charge in [-0.3, -0.25) is 9.69 Å². The highest BCUT2D eigenvalue weighted by Gasteiger charge is 2.66. The molecule has 1 spiro atoms. The van der Waals surface area contributed by atoms with Crippen LogP contribution in [0.1, 0.15) is 47.9 Å². The smallest absolute Gasteiger partial charge is 0.174 e. The van der Waals surface area contributed by atoms with Crippen molar-refractivity contribution in [3.05, 3.63) is 89.0 Å². The molecular weight excluding hydrogens is 510 g/mol. The van der Waals surface area contributed by atoms with E-state index in [-0.39, 0.29) is 29.4 Å². The molecule has 3 aromatic carbocycles. The Hall–Kier alpha value is -3.02. The molecule has 2 aliphatic carbocycles. The minimum atomic E-state index is -0.478. The number of phenolic OH excluding ortho intramolecular Hbond substituents is 1. The third-order valence-corrected chi connectivity index (χ3v) is 9.55. The van der Waals surface area contributed by atoms with E-state index >= 15 is 0 Å². The highest BCUT2D eigenvalue weighted by Crippen LogP contribution is 2.64. The maximum Gasteiger partial charge on any atom is 0.174 e. The molecule has 0 aromatic heterocycles. The lowest BCUT2D eigenvalue weighted by molar-refractivity contribution is -0.138. The second kappa shape index (κ2) is 10.5. The Morgan fingerprint density at radius 2 is 1.74 bits per heavy atom. The van der Waals surface area contributed by atoms with Crippen LogP contribution in [0.15, 0.2) is 66.7 Å². The summed E-state index contributed by atoms with van der Waals surface area (Å²) in [5.74, 6) is 1.97. The van der Waals surface area contributed by atoms with E-state index in [2.05, 4.69) is 59.5 Å². The fraction of sp³-hybridized carbons (Fsp3) is 0.424. The molecule has 0 amide bonds. The van der Waals surface area contributed by atoms with Crippen LogP contribution in [0.25, 0.3) is 0 Å². The normalized spacial score (nSPS) is 26.4. The molecule has 2 aliphatic heterocycles. The Balaban J connectivity index is 0.00000277. The number of hydrogen-bond donors (Lipinski definition) is 1. The van der Waals surface area contributed by atoms with E-state index in [1.165, 1.54) is 11.1 Å². The molecule has 0 radical (unpaired) electrons. The van der Waals surface area contributed by atoms with Crippen molar-refractivity contribution in [2.24, 2.45) is 5.92 Å². The van der Waals surface area contributed by atoms with Crippen LogP contribution in [-0.2, 0) is 29.5 Å². The van der Waals surface area contributed by atoms with Crippen LogP contribution in [0, 0.1) is 5.92 Å². The number of phenols is 1. The summed E-state index contributed by atoms with van der Waals surface area (Å²) in [5, 5.41) is 11.0. The lowest BCUT2D eigenvalue weighted by atomic mass is 9.51. The van der Waals surface area contributed by atoms with Crippen molar-refractivity contribution >= 4 is 18.2 Å². The first-order valence-corrected chi connectivity index (χ1v) is 14.2. The molecule has 39 heavy (non-hydrogen) atoms. The van der Waals surface area contributed by atoms with E-state index in [9.17, 15) is 9.90 Å². The van der Waals surface area contributed by atoms with Crippen molar-refractivity contribution in [1.29, 1.82) is 0 Å². The van der Waals surface area contributed by atoms with Gasteiger partial charge in [-0.25, -0.2) is 0 Å². The summed E-state index contributed by atoms with van der Waals surface area (Å²) >= 11 is 0. The molecule has 7 rings (SSSR count). The number of ether oxygens (including phenoxy) is 2. The Bertz CT molecular complexity index is 1350. The monoisotopic (exact) mass is 545 g/mol. The van der Waals surface area contributed by atoms with Gasteiger partial charge in [-0.1, -0.05) is 60.7 Å². The van der Waals surface area contributed by atoms with Gasteiger partial charge < -0.3 is 14.6 Å². The minimum Gasteiger partial charge on any atom is -0.504 e. The number of carbonyl (C=O) groups excluding carboxylic acids is 1. The molecule has 6 heteroatoms. The number of rotatable bonds is 8. The predicted octanol–water partition coefficient (Wildman–Crippen LogP) is 5.68. The molecule has 5 nitrogen and oxygen atoms in total. The van der Waals surface area contributed by atoms with Crippen LogP contribution >= 0.6 is 12.4 Å². The van der Waals surface area contributed by atoms with E-state index in [0.717, 1.165) is 68.5 Å². The first kappa shape index (κ1) is 26.2. The number of halogens is 1. The fourth-order valence-electron chi connectivity index (χ4n) is 7.89. The number of carbonyl (C=O) groups is 1. The first-order valence-electron chi connectivity index (χ1n) is 14.2. The van der Waals surface area contributed by atoms with Crippen LogP contribution in [-0.4, -0.2) is 47.6 Å². The number of likely N-dealkylation sites (tertiary alicyclic amines) is 1. The highest BCUT2D eigenvalue weighted by molar-refractivity contribution is 5.89. The second-order valence-corrected chi connectivity index (χ2v) is 11.5. The van der Waals surface area contributed by atoms with Crippen molar-refractivity contribution in [1.82, 2.24) is 4.90 Å². The lowest BCUT2D eigenvalue weighted by Crippen LogP contribution is -2.66. The summed E-state index contributed by atoms with van der Waals surface area (Å²) in [6.45, 7) is 2.54. The topological polar surface area (TPSA) is 59.0 Å². The van der Waals surface area contributed by atoms with E-state index in [0.29, 0.717) is 30.7 Å². The summed E-state index contributed by atoms with van der Waals surface area (Å²) in [7, 11) is 0. The van der Waals surface area contributed by atoms with Crippen LogP contribution in [0.2, 0.25) is 0 Å². The number of aromatic hydroxyl groups is 1. The lowest BCUT2D eigenvalue weighted by Gasteiger charge is -2.57. The summed E-state index contributed by atoms with van der Waals surface area (Å²) in [6, 6.07) is 23.3. The number of Topliss-reactive ketones (excluding diaryl/α,β-unsaturated/α-hetero) is 1. The molecule has 2 bridgehead atoms. The van der Waals surface area contributed by atoms with Gasteiger partial charge >= 0.3 is 0 Å². The van der Waals surface area contributed by atoms with Crippen molar-refractivity contribution in [3.63, 3.8) is 0 Å². The molecule has 4 aliphatic rings. The first-order chi connectivity index (χ1) is 18.6. The molecular formula is C33H36ClNO4. The van der Waals surface area contributed by atoms with Crippen molar-refractivity contribution < 1.29 is 19.4 Å². The molecule has 2 fully saturated rings. The van der Waals surface area contributed by atoms with Gasteiger partial charge in [0.25, 0.3) is 0 Å². The summed E-state index contributed by atoms with van der Waals surface area (Å²) in [4.78, 5) is 15.9. The van der Waals surface area contributed by atoms with Crippen molar-refractivity contribution in [2.75, 3.05) is 19.7 Å². The molecule has 1 saturated carbocycles. The quantitative estimate of drug-likeness (QED) is 0.369. The molecule has 204 valence electrons. The zero-order valence-electron chi connectivity index (χ0n) is 22.2. The number of piperidine rings is 1. The predicted molar refractivity (Wildman–Crippen MR) is 153 cm³/mol. The van der Waals surface area contributed by atoms with E-state index in [4.69, 9.17) is 9.47 Å². The number of nitrogens with zero attached hydrogens (tertiary/aromatic N) is 1. The average Bonchev–Trinajstić information content (AvgIpc) is 3.30. The summed E-state index contributed by atoms with van der Waals surface area (Å²) in [6.07, 6.45) is 5.62. The molecule has 3 aromatic rings. The van der Waals surface area contributed by atoms with Gasteiger partial charge in [0.15, 0.2) is 23.4 Å². The zero-order valence-corrected chi connectivity index (χ0v) is 23.0. The maximum absolute atomic E-state index is 13.2. The van der Waals surface area contributed by atoms with Gasteiger partial charge in [0.2, 0.25) is 0 Å². The van der Waals surface area contributed by atoms with Crippen molar-refractivity contribution in [3.8, 4) is 17.2 Å². The van der Waals surface area contributed by atoms with Crippen LogP contribution in [0.3, 0.4) is 0 Å². The van der Waals surface area contributed by atoms with Crippen LogP contribution in [0.4, 0.5) is 0 Å². The summed E-state index contributed by atoms with van der Waals surface area (Å²) in [5.41, 5.74) is 4.56. The average molecular weight is 546 g/mol. The Labute approximate surface area is 236 Å². The second-order valence-electron chi connectivity index (χ2n) is 11.5. The van der Waals surface area contributed by atoms with Gasteiger partial charge in [0.05, 0.1) is 6.61 Å². The SMILES string of the molecule is Cl.O=C1CC[C@H]2[C@H]3Cc4c(OCCCc5ccccc5)cc(O)c5c4[C@@]2(CCN3CCc2ccccc2)[C@H]1O5. The van der Waals surface area contributed by atoms with E-state index in [1.54, 1.807) is 6.07 Å². The van der Waals surface area contributed by atoms with Gasteiger partial charge in [-0.05, 0) is 62.1 Å². The Morgan fingerprint density at radius 3 is 2.49 bits per heavy atom. The molecule has 4 atom stereocenters. The summed E-state index contributed by atoms with van der Waals surface area (Å²) < 4.78 is 12.7. The Morgan fingerprint density at radius 1 is 1.03 bits per heavy atom. The number of aryl methyl sites for hydroxylation is 1. The Kier molecular flexibility index (Phi) is 7.07. The standard InChI is InChI=1S/C33H35NO4.ClH/c35-27-14-13-25-26-20-24-29(37-19-7-12-22-8-3-1-4-9-22)21-28(36)31-30(24)33(25,32(27)38-31)16-18-34(26)17-15-23-10-5-2-6-11-23;/h1-6,8-11,21,25-26,32,36H,7,12-20H2;1H/t25-,26+,32-,33-;/m0./s1. The number of ketones is 1. The molecule has 2 heterocycles. The van der Waals surface area contributed by atoms with Gasteiger partial charge in [-0.15, -0.1) is 12.4 Å². The maximum atomic E-state index is 13.2. The van der Waals surface area contributed by atoms with Crippen molar-refractivity contribution in [2.45, 2.75) is 62.5 Å². The van der Waals surface area contributed by atoms with E-state index < -0.39 is 6.10 Å². The largest absolute Gasteiger partial charge is 0.504 e. The van der Waals surface area contributed by atoms with Gasteiger partial charge in [-0.2, -0.15) is 0 Å². The van der Waals surface area contributed by atoms with E-state index in [1.807, 2.05) is 6.07 Å². The number of benzene rings is 3. The third-order valence-electron chi connectivity index (χ3n) is 9.55. The molecule has 0 unspecified atom stereocenters. The van der Waals surface area contributed by atoms with Crippen LogP contribution < -0.4 is 9.47 Å². The van der Waals surface area contributed by atoms with Gasteiger partial charge in [0, 0.05) is 41.6 Å². The van der Waals surface area contributed by atoms with Gasteiger partial charge in [0.1, 0.15) is 5.75 Å². The zero-order chi connectivity index (χ0) is 25.7. The number of hydrogen-bond acceptors (Lipinski definition) is 5.